The van der Waals surface area contributed by atoms with E-state index < -0.39 is 0 Å². The highest BCUT2D eigenvalue weighted by atomic mass is 14.8. The van der Waals surface area contributed by atoms with E-state index in [1.807, 2.05) is 36.4 Å². The molecule has 0 atom stereocenters. The Balaban J connectivity index is 2.38. The molecule has 2 N–H and O–H groups in total. The number of nitrogens with two attached hydrogens (primary N) is 1. The summed E-state index contributed by atoms with van der Waals surface area (Å²) >= 11 is 0. The summed E-state index contributed by atoms with van der Waals surface area (Å²) in [5.41, 5.74) is 4.22. The zero-order chi connectivity index (χ0) is 12.7. The highest BCUT2D eigenvalue weighted by Gasteiger charge is 2.30. The standard InChI is InChI=1S/C14H6N4/c15-6-8-5-11-9-3-1-2-4-10(9)13(17)14(11)18-12(8)7-16/h1-5,17H/p+1. The maximum atomic E-state index is 9.02. The predicted molar refractivity (Wildman–Crippen MR) is 64.2 cm³/mol. The normalized spacial score (nSPS) is 11.3. The molecule has 82 valence electrons. The van der Waals surface area contributed by atoms with Gasteiger partial charge in [0, 0.05) is 5.56 Å². The van der Waals surface area contributed by atoms with Crippen LogP contribution in [0.3, 0.4) is 0 Å². The van der Waals surface area contributed by atoms with Gasteiger partial charge in [0.25, 0.3) is 0 Å². The van der Waals surface area contributed by atoms with E-state index in [-0.39, 0.29) is 11.3 Å². The highest BCUT2D eigenvalue weighted by molar-refractivity contribution is 6.20. The Morgan fingerprint density at radius 2 is 1.72 bits per heavy atom. The fourth-order valence-corrected chi connectivity index (χ4v) is 2.17. The molecule has 4 nitrogen and oxygen atoms in total. The SMILES string of the molecule is N#Cc1cc2c(nc1C#N)C(=[NH2+])c1ccccc1-2. The van der Waals surface area contributed by atoms with Gasteiger partial charge in [-0.2, -0.15) is 10.5 Å². The van der Waals surface area contributed by atoms with E-state index in [0.29, 0.717) is 11.4 Å². The lowest BCUT2D eigenvalue weighted by molar-refractivity contribution is -0.111. The summed E-state index contributed by atoms with van der Waals surface area (Å²) < 4.78 is 0. The summed E-state index contributed by atoms with van der Waals surface area (Å²) in [6.07, 6.45) is 0. The summed E-state index contributed by atoms with van der Waals surface area (Å²) in [6, 6.07) is 13.2. The molecule has 3 rings (SSSR count). The fraction of sp³-hybridized carbons (Fsp3) is 0. The number of aromatic nitrogens is 1. The van der Waals surface area contributed by atoms with E-state index >= 15 is 0 Å². The lowest BCUT2D eigenvalue weighted by atomic mass is 10.1. The number of nitriles is 2. The van der Waals surface area contributed by atoms with Crippen molar-refractivity contribution in [3.63, 3.8) is 0 Å². The molecule has 2 aromatic rings. The minimum atomic E-state index is 0.118. The smallest absolute Gasteiger partial charge is 0.231 e. The van der Waals surface area contributed by atoms with Crippen molar-refractivity contribution in [2.75, 3.05) is 0 Å². The van der Waals surface area contributed by atoms with Gasteiger partial charge in [-0.3, -0.25) is 5.41 Å². The van der Waals surface area contributed by atoms with E-state index in [1.165, 1.54) is 0 Å². The number of benzene rings is 1. The van der Waals surface area contributed by atoms with Crippen molar-refractivity contribution >= 4 is 5.71 Å². The van der Waals surface area contributed by atoms with Gasteiger partial charge in [0.15, 0.2) is 5.69 Å². The van der Waals surface area contributed by atoms with Crippen LogP contribution in [-0.4, -0.2) is 10.7 Å². The Bertz CT molecular complexity index is 775. The zero-order valence-corrected chi connectivity index (χ0v) is 9.31. The number of rotatable bonds is 0. The Hall–Kier alpha value is -2.98. The van der Waals surface area contributed by atoms with Gasteiger partial charge in [-0.1, -0.05) is 18.2 Å². The summed E-state index contributed by atoms with van der Waals surface area (Å²) in [4.78, 5) is 4.19. The van der Waals surface area contributed by atoms with Crippen molar-refractivity contribution in [1.29, 1.82) is 10.5 Å². The third-order valence-electron chi connectivity index (χ3n) is 3.01. The van der Waals surface area contributed by atoms with Gasteiger partial charge >= 0.3 is 0 Å². The minimum absolute atomic E-state index is 0.118. The average molecular weight is 231 g/mol. The molecular weight excluding hydrogens is 224 g/mol. The van der Waals surface area contributed by atoms with Crippen LogP contribution in [0.2, 0.25) is 0 Å². The van der Waals surface area contributed by atoms with Gasteiger partial charge in [-0.05, 0) is 17.7 Å². The highest BCUT2D eigenvalue weighted by Crippen LogP contribution is 2.35. The van der Waals surface area contributed by atoms with Gasteiger partial charge in [0.05, 0.1) is 11.1 Å². The van der Waals surface area contributed by atoms with Crippen molar-refractivity contribution in [1.82, 2.24) is 4.98 Å². The molecular formula is C14H7N4+. The maximum absolute atomic E-state index is 9.02. The molecule has 1 aromatic carbocycles. The van der Waals surface area contributed by atoms with Crippen molar-refractivity contribution in [3.05, 3.63) is 52.8 Å². The monoisotopic (exact) mass is 231 g/mol. The van der Waals surface area contributed by atoms with Gasteiger partial charge in [-0.25, -0.2) is 4.98 Å². The van der Waals surface area contributed by atoms with Crippen LogP contribution in [0.15, 0.2) is 30.3 Å². The first-order chi connectivity index (χ1) is 8.76. The van der Waals surface area contributed by atoms with Crippen molar-refractivity contribution < 1.29 is 5.41 Å². The molecule has 0 fully saturated rings. The molecule has 0 unspecified atom stereocenters. The molecule has 1 heterocycles. The van der Waals surface area contributed by atoms with Crippen LogP contribution in [0, 0.1) is 22.7 Å². The molecule has 4 heteroatoms. The Morgan fingerprint density at radius 3 is 2.39 bits per heavy atom. The molecule has 1 aromatic heterocycles. The van der Waals surface area contributed by atoms with Crippen molar-refractivity contribution in [2.45, 2.75) is 0 Å². The Morgan fingerprint density at radius 1 is 1.00 bits per heavy atom. The third kappa shape index (κ3) is 1.17. The first-order valence-electron chi connectivity index (χ1n) is 5.34. The summed E-state index contributed by atoms with van der Waals surface area (Å²) in [5, 5.41) is 24.0. The quantitative estimate of drug-likeness (QED) is 0.607. The average Bonchev–Trinajstić information content (AvgIpc) is 2.71. The van der Waals surface area contributed by atoms with E-state index in [4.69, 9.17) is 15.9 Å². The Kier molecular flexibility index (Phi) is 1.99. The van der Waals surface area contributed by atoms with Gasteiger partial charge in [0.1, 0.15) is 17.8 Å². The second-order valence-corrected chi connectivity index (χ2v) is 3.96. The second-order valence-electron chi connectivity index (χ2n) is 3.96. The van der Waals surface area contributed by atoms with Crippen LogP contribution >= 0.6 is 0 Å². The van der Waals surface area contributed by atoms with Crippen LogP contribution in [-0.2, 0) is 0 Å². The second kappa shape index (κ2) is 3.51. The largest absolute Gasteiger partial charge is 0.252 e. The van der Waals surface area contributed by atoms with Crippen LogP contribution in [0.1, 0.15) is 22.5 Å². The zero-order valence-electron chi connectivity index (χ0n) is 9.31. The van der Waals surface area contributed by atoms with Crippen LogP contribution in [0.5, 0.6) is 0 Å². The molecule has 1 aliphatic rings. The van der Waals surface area contributed by atoms with Crippen LogP contribution in [0.4, 0.5) is 0 Å². The van der Waals surface area contributed by atoms with Gasteiger partial charge < -0.3 is 0 Å². The predicted octanol–water partition coefficient (Wildman–Crippen LogP) is 0.402. The molecule has 18 heavy (non-hydrogen) atoms. The number of hydrogen-bond donors (Lipinski definition) is 1. The molecule has 0 saturated carbocycles. The van der Waals surface area contributed by atoms with E-state index in [2.05, 4.69) is 4.98 Å². The van der Waals surface area contributed by atoms with Gasteiger partial charge in [0.2, 0.25) is 5.71 Å². The third-order valence-corrected chi connectivity index (χ3v) is 3.01. The van der Waals surface area contributed by atoms with Crippen LogP contribution < -0.4 is 5.41 Å². The summed E-state index contributed by atoms with van der Waals surface area (Å²) in [6.45, 7) is 0. The number of nitrogens with zero attached hydrogens (tertiary/aromatic N) is 3. The number of fused-ring (bicyclic) bond motifs is 3. The maximum Gasteiger partial charge on any atom is 0.231 e. The molecule has 0 radical (unpaired) electrons. The fourth-order valence-electron chi connectivity index (χ4n) is 2.17. The summed E-state index contributed by atoms with van der Waals surface area (Å²) in [7, 11) is 0. The lowest BCUT2D eigenvalue weighted by Crippen LogP contribution is -2.40. The lowest BCUT2D eigenvalue weighted by Gasteiger charge is -1.99. The first-order valence-corrected chi connectivity index (χ1v) is 5.34. The van der Waals surface area contributed by atoms with Gasteiger partial charge in [-0.15, -0.1) is 0 Å². The van der Waals surface area contributed by atoms with E-state index in [1.54, 1.807) is 6.07 Å². The first kappa shape index (κ1) is 10.2. The molecule has 0 spiro atoms. The number of pyridine rings is 1. The molecule has 0 aliphatic heterocycles. The summed E-state index contributed by atoms with van der Waals surface area (Å²) in [5.74, 6) is 0. The van der Waals surface area contributed by atoms with E-state index in [9.17, 15) is 0 Å². The van der Waals surface area contributed by atoms with Crippen LogP contribution in [0.25, 0.3) is 11.1 Å². The minimum Gasteiger partial charge on any atom is -0.252 e. The molecule has 0 saturated heterocycles. The molecule has 0 bridgehead atoms. The number of hydrogen-bond acceptors (Lipinski definition) is 3. The van der Waals surface area contributed by atoms with Crippen molar-refractivity contribution in [2.24, 2.45) is 0 Å². The molecule has 1 aliphatic carbocycles. The molecule has 0 amide bonds. The Labute approximate surface area is 103 Å². The van der Waals surface area contributed by atoms with Crippen molar-refractivity contribution in [3.8, 4) is 23.3 Å². The topological polar surface area (TPSA) is 86.1 Å². The van der Waals surface area contributed by atoms with E-state index in [0.717, 1.165) is 16.7 Å².